The Balaban J connectivity index is 2.21. The molecule has 0 aliphatic carbocycles. The minimum absolute atomic E-state index is 0.220. The van der Waals surface area contributed by atoms with Crippen molar-refractivity contribution >= 4 is 34.2 Å². The van der Waals surface area contributed by atoms with Crippen molar-refractivity contribution in [2.45, 2.75) is 19.9 Å². The molecule has 1 aliphatic heterocycles. The molecule has 1 aliphatic rings. The van der Waals surface area contributed by atoms with Crippen LogP contribution in [0.5, 0.6) is 5.75 Å². The summed E-state index contributed by atoms with van der Waals surface area (Å²) in [5, 5.41) is 10.1. The lowest BCUT2D eigenvalue weighted by Crippen LogP contribution is -2.19. The third-order valence-corrected chi connectivity index (χ3v) is 4.06. The van der Waals surface area contributed by atoms with Gasteiger partial charge in [0.25, 0.3) is 0 Å². The molecule has 0 radical (unpaired) electrons. The highest BCUT2D eigenvalue weighted by molar-refractivity contribution is 8.16. The molecule has 1 aromatic carbocycles. The van der Waals surface area contributed by atoms with Crippen LogP contribution >= 0.6 is 11.8 Å². The van der Waals surface area contributed by atoms with Gasteiger partial charge in [0.05, 0.1) is 18.5 Å². The number of esters is 1. The molecule has 0 amide bonds. The number of thioether (sulfide) groups is 1. The van der Waals surface area contributed by atoms with Crippen LogP contribution in [-0.2, 0) is 9.53 Å². The van der Waals surface area contributed by atoms with Gasteiger partial charge >= 0.3 is 5.97 Å². The van der Waals surface area contributed by atoms with Gasteiger partial charge in [-0.05, 0) is 37.6 Å². The molecule has 0 saturated carbocycles. The minimum Gasteiger partial charge on any atom is -0.508 e. The number of rotatable bonds is 3. The number of hydrogen-bond acceptors (Lipinski definition) is 6. The molecule has 0 unspecified atom stereocenters. The molecule has 106 valence electrons. The van der Waals surface area contributed by atoms with Crippen LogP contribution in [0.15, 0.2) is 28.2 Å². The van der Waals surface area contributed by atoms with E-state index < -0.39 is 6.04 Å². The lowest BCUT2D eigenvalue weighted by molar-refractivity contribution is -0.141. The first-order valence-corrected chi connectivity index (χ1v) is 7.13. The Morgan fingerprint density at radius 3 is 2.95 bits per heavy atom. The third kappa shape index (κ3) is 3.19. The Labute approximate surface area is 121 Å². The Hall–Kier alpha value is -1.82. The Kier molecular flexibility index (Phi) is 4.44. The van der Waals surface area contributed by atoms with Crippen LogP contribution in [0.25, 0.3) is 0 Å². The summed E-state index contributed by atoms with van der Waals surface area (Å²) in [7, 11) is 1.36. The summed E-state index contributed by atoms with van der Waals surface area (Å²) in [5.41, 5.74) is 2.43. The number of ether oxygens (including phenoxy) is 1. The van der Waals surface area contributed by atoms with Crippen LogP contribution in [0.2, 0.25) is 0 Å². The first-order chi connectivity index (χ1) is 9.51. The smallest absolute Gasteiger partial charge is 0.331 e. The van der Waals surface area contributed by atoms with Crippen molar-refractivity contribution in [2.24, 2.45) is 9.98 Å². The van der Waals surface area contributed by atoms with E-state index >= 15 is 0 Å². The van der Waals surface area contributed by atoms with Gasteiger partial charge in [0.1, 0.15) is 10.8 Å². The zero-order valence-electron chi connectivity index (χ0n) is 11.6. The predicted octanol–water partition coefficient (Wildman–Crippen LogP) is 2.48. The number of hydrogen-bond donors (Lipinski definition) is 1. The lowest BCUT2D eigenvalue weighted by Gasteiger charge is -2.03. The fraction of sp³-hybridized carbons (Fsp3) is 0.357. The van der Waals surface area contributed by atoms with E-state index in [1.807, 2.05) is 13.8 Å². The molecule has 1 heterocycles. The number of aromatic hydroxyl groups is 1. The van der Waals surface area contributed by atoms with Crippen molar-refractivity contribution in [3.8, 4) is 5.75 Å². The van der Waals surface area contributed by atoms with Crippen molar-refractivity contribution in [1.29, 1.82) is 0 Å². The summed E-state index contributed by atoms with van der Waals surface area (Å²) in [6.45, 7) is 3.74. The topological polar surface area (TPSA) is 71.2 Å². The molecule has 20 heavy (non-hydrogen) atoms. The fourth-order valence-electron chi connectivity index (χ4n) is 1.82. The van der Waals surface area contributed by atoms with Gasteiger partial charge in [-0.3, -0.25) is 9.98 Å². The summed E-state index contributed by atoms with van der Waals surface area (Å²) < 4.78 is 4.69. The van der Waals surface area contributed by atoms with Gasteiger partial charge in [0.15, 0.2) is 6.04 Å². The Morgan fingerprint density at radius 1 is 1.55 bits per heavy atom. The number of aryl methyl sites for hydroxylation is 1. The molecule has 5 nitrogen and oxygen atoms in total. The molecule has 0 spiro atoms. The van der Waals surface area contributed by atoms with Gasteiger partial charge in [-0.1, -0.05) is 0 Å². The van der Waals surface area contributed by atoms with E-state index in [0.29, 0.717) is 5.75 Å². The third-order valence-electron chi connectivity index (χ3n) is 2.90. The van der Waals surface area contributed by atoms with Gasteiger partial charge in [0.2, 0.25) is 0 Å². The number of nitrogens with zero attached hydrogens (tertiary/aromatic N) is 2. The minimum atomic E-state index is -0.439. The van der Waals surface area contributed by atoms with E-state index in [1.165, 1.54) is 18.9 Å². The summed E-state index contributed by atoms with van der Waals surface area (Å²) >= 11 is 1.50. The van der Waals surface area contributed by atoms with Crippen molar-refractivity contribution < 1.29 is 14.6 Å². The maximum atomic E-state index is 11.4. The molecular weight excluding hydrogens is 276 g/mol. The number of phenols is 1. The van der Waals surface area contributed by atoms with Crippen LogP contribution in [-0.4, -0.2) is 40.7 Å². The van der Waals surface area contributed by atoms with Gasteiger partial charge < -0.3 is 9.84 Å². The summed E-state index contributed by atoms with van der Waals surface area (Å²) in [5.74, 6) is 0.488. The second-order valence-electron chi connectivity index (χ2n) is 4.45. The molecule has 0 fully saturated rings. The van der Waals surface area contributed by atoms with E-state index in [1.54, 1.807) is 18.2 Å². The zero-order chi connectivity index (χ0) is 14.7. The first-order valence-electron chi connectivity index (χ1n) is 6.15. The molecule has 1 N–H and O–H groups in total. The number of methoxy groups -OCH3 is 1. The molecule has 6 heteroatoms. The highest BCUT2D eigenvalue weighted by Gasteiger charge is 2.26. The van der Waals surface area contributed by atoms with E-state index in [2.05, 4.69) is 14.7 Å². The summed E-state index contributed by atoms with van der Waals surface area (Å²) in [6, 6.07) is 4.57. The number of carbonyl (C=O) groups is 1. The quantitative estimate of drug-likeness (QED) is 0.686. The van der Waals surface area contributed by atoms with Gasteiger partial charge in [-0.25, -0.2) is 4.79 Å². The maximum Gasteiger partial charge on any atom is 0.331 e. The Bertz CT molecular complexity index is 596. The zero-order valence-corrected chi connectivity index (χ0v) is 12.4. The molecule has 0 bridgehead atoms. The van der Waals surface area contributed by atoms with Gasteiger partial charge in [-0.15, -0.1) is 11.8 Å². The van der Waals surface area contributed by atoms with Crippen LogP contribution in [0, 0.1) is 6.92 Å². The number of carbonyl (C=O) groups excluding carboxylic acids is 1. The Morgan fingerprint density at radius 2 is 2.30 bits per heavy atom. The molecular formula is C14H16N2O3S. The van der Waals surface area contributed by atoms with Crippen molar-refractivity contribution in [2.75, 3.05) is 12.9 Å². The van der Waals surface area contributed by atoms with E-state index in [4.69, 9.17) is 0 Å². The lowest BCUT2D eigenvalue weighted by atomic mass is 10.2. The van der Waals surface area contributed by atoms with E-state index in [9.17, 15) is 9.90 Å². The van der Waals surface area contributed by atoms with E-state index in [-0.39, 0.29) is 11.7 Å². The fourth-order valence-corrected chi connectivity index (χ4v) is 2.80. The summed E-state index contributed by atoms with van der Waals surface area (Å²) in [6.07, 6.45) is 0. The van der Waals surface area contributed by atoms with Crippen LogP contribution in [0.1, 0.15) is 12.5 Å². The van der Waals surface area contributed by atoms with Crippen LogP contribution in [0.3, 0.4) is 0 Å². The second kappa shape index (κ2) is 6.09. The molecule has 1 atom stereocenters. The highest BCUT2D eigenvalue weighted by atomic mass is 32.2. The monoisotopic (exact) mass is 292 g/mol. The largest absolute Gasteiger partial charge is 0.508 e. The van der Waals surface area contributed by atoms with Crippen molar-refractivity contribution in [3.05, 3.63) is 23.8 Å². The van der Waals surface area contributed by atoms with Crippen LogP contribution in [0.4, 0.5) is 5.69 Å². The molecule has 0 aromatic heterocycles. The maximum absolute atomic E-state index is 11.4. The molecule has 2 rings (SSSR count). The average Bonchev–Trinajstić information content (AvgIpc) is 2.90. The molecule has 0 saturated heterocycles. The average molecular weight is 292 g/mol. The van der Waals surface area contributed by atoms with Gasteiger partial charge in [-0.2, -0.15) is 0 Å². The predicted molar refractivity (Wildman–Crippen MR) is 81.3 cm³/mol. The highest BCUT2D eigenvalue weighted by Crippen LogP contribution is 2.25. The van der Waals surface area contributed by atoms with Crippen molar-refractivity contribution in [1.82, 2.24) is 0 Å². The van der Waals surface area contributed by atoms with E-state index in [0.717, 1.165) is 22.0 Å². The van der Waals surface area contributed by atoms with Gasteiger partial charge in [0, 0.05) is 5.75 Å². The first kappa shape index (κ1) is 14.6. The number of benzene rings is 1. The normalized spacial score (nSPS) is 18.9. The molecule has 1 aromatic rings. The number of phenolic OH excluding ortho intramolecular Hbond substituents is 1. The standard InChI is InChI=1S/C14H16N2O3S/c1-8-6-10(17)4-5-11(8)15-9(2)13-16-12(7-20-13)14(18)19-3/h4-6,12,17H,7H2,1-3H3/b15-9+/t12-/m0/s1. The SMILES string of the molecule is COC(=O)[C@@H]1CSC(/C(C)=N/c2ccc(O)cc2C)=N1. The van der Waals surface area contributed by atoms with Crippen molar-refractivity contribution in [3.63, 3.8) is 0 Å². The number of aliphatic imine (C=N–C) groups is 2. The van der Waals surface area contributed by atoms with Crippen LogP contribution < -0.4 is 0 Å². The second-order valence-corrected chi connectivity index (χ2v) is 5.46. The summed E-state index contributed by atoms with van der Waals surface area (Å²) in [4.78, 5) is 20.3.